The third kappa shape index (κ3) is 4.58. The van der Waals surface area contributed by atoms with Crippen LogP contribution in [0, 0.1) is 5.92 Å². The fraction of sp³-hybridized carbons (Fsp3) is 0.385. The van der Waals surface area contributed by atoms with Crippen molar-refractivity contribution in [1.82, 2.24) is 5.32 Å². The van der Waals surface area contributed by atoms with Crippen LogP contribution in [-0.4, -0.2) is 23.1 Å². The van der Waals surface area contributed by atoms with Gasteiger partial charge in [0.05, 0.1) is 6.42 Å². The van der Waals surface area contributed by atoms with Crippen molar-refractivity contribution in [2.24, 2.45) is 5.92 Å². The second-order valence-corrected chi connectivity index (χ2v) is 5.67. The fourth-order valence-corrected chi connectivity index (χ4v) is 2.51. The molecule has 1 aromatic rings. The maximum Gasteiger partial charge on any atom is 0.319 e. The number of carboxylic acid groups (broad SMARTS) is 1. The zero-order valence-electron chi connectivity index (χ0n) is 10.5. The lowest BCUT2D eigenvalue weighted by Crippen LogP contribution is -2.40. The van der Waals surface area contributed by atoms with E-state index in [-0.39, 0.29) is 18.4 Å². The molecule has 5 nitrogen and oxygen atoms in total. The molecule has 0 spiro atoms. The third-order valence-electron chi connectivity index (χ3n) is 3.02. The number of amides is 2. The third-order valence-corrected chi connectivity index (χ3v) is 3.46. The van der Waals surface area contributed by atoms with Crippen molar-refractivity contribution >= 4 is 40.9 Å². The van der Waals surface area contributed by atoms with Crippen molar-refractivity contribution in [3.05, 3.63) is 28.2 Å². The predicted molar refractivity (Wildman–Crippen MR) is 77.4 cm³/mol. The van der Waals surface area contributed by atoms with Crippen molar-refractivity contribution in [2.75, 3.05) is 5.32 Å². The molecular formula is C13H14Cl2N2O3. The minimum absolute atomic E-state index is 0.0750. The molecule has 1 fully saturated rings. The smallest absolute Gasteiger partial charge is 0.319 e. The van der Waals surface area contributed by atoms with Crippen LogP contribution in [0.1, 0.15) is 19.3 Å². The Balaban J connectivity index is 1.95. The number of carboxylic acids is 1. The molecule has 1 aliphatic carbocycles. The summed E-state index contributed by atoms with van der Waals surface area (Å²) in [6, 6.07) is 3.89. The topological polar surface area (TPSA) is 78.4 Å². The van der Waals surface area contributed by atoms with Gasteiger partial charge in [-0.2, -0.15) is 0 Å². The van der Waals surface area contributed by atoms with Gasteiger partial charge in [-0.3, -0.25) is 4.79 Å². The number of benzene rings is 1. The highest BCUT2D eigenvalue weighted by Gasteiger charge is 2.33. The first-order valence-electron chi connectivity index (χ1n) is 6.19. The molecule has 0 heterocycles. The molecule has 1 aromatic carbocycles. The highest BCUT2D eigenvalue weighted by Crippen LogP contribution is 2.34. The molecule has 0 aromatic heterocycles. The molecule has 3 N–H and O–H groups in total. The van der Waals surface area contributed by atoms with Crippen LogP contribution in [0.2, 0.25) is 10.0 Å². The first-order chi connectivity index (χ1) is 9.44. The van der Waals surface area contributed by atoms with Crippen molar-refractivity contribution in [1.29, 1.82) is 0 Å². The van der Waals surface area contributed by atoms with Crippen LogP contribution in [-0.2, 0) is 4.79 Å². The normalized spacial score (nSPS) is 15.5. The Morgan fingerprint density at radius 3 is 2.35 bits per heavy atom. The molecule has 1 aliphatic rings. The Morgan fingerprint density at radius 1 is 1.25 bits per heavy atom. The Labute approximate surface area is 126 Å². The molecule has 0 bridgehead atoms. The first kappa shape index (κ1) is 14.9. The van der Waals surface area contributed by atoms with Gasteiger partial charge in [0.15, 0.2) is 0 Å². The monoisotopic (exact) mass is 316 g/mol. The van der Waals surface area contributed by atoms with E-state index in [9.17, 15) is 9.59 Å². The van der Waals surface area contributed by atoms with Crippen LogP contribution in [0.15, 0.2) is 18.2 Å². The molecular weight excluding hydrogens is 303 g/mol. The van der Waals surface area contributed by atoms with E-state index in [1.54, 1.807) is 18.2 Å². The van der Waals surface area contributed by atoms with Gasteiger partial charge in [0.2, 0.25) is 0 Å². The minimum Gasteiger partial charge on any atom is -0.481 e. The van der Waals surface area contributed by atoms with Gasteiger partial charge in [0, 0.05) is 21.8 Å². The summed E-state index contributed by atoms with van der Waals surface area (Å²) in [4.78, 5) is 22.6. The summed E-state index contributed by atoms with van der Waals surface area (Å²) in [6.45, 7) is 0. The van der Waals surface area contributed by atoms with Gasteiger partial charge in [-0.15, -0.1) is 0 Å². The van der Waals surface area contributed by atoms with Gasteiger partial charge in [0.25, 0.3) is 0 Å². The van der Waals surface area contributed by atoms with Crippen LogP contribution in [0.4, 0.5) is 10.5 Å². The highest BCUT2D eigenvalue weighted by atomic mass is 35.5. The largest absolute Gasteiger partial charge is 0.481 e. The number of halogens is 2. The van der Waals surface area contributed by atoms with E-state index in [0.717, 1.165) is 12.8 Å². The van der Waals surface area contributed by atoms with E-state index in [1.165, 1.54) is 0 Å². The number of urea groups is 1. The van der Waals surface area contributed by atoms with Gasteiger partial charge in [-0.1, -0.05) is 23.2 Å². The number of rotatable bonds is 5. The zero-order chi connectivity index (χ0) is 14.7. The maximum atomic E-state index is 11.9. The minimum atomic E-state index is -0.923. The molecule has 2 rings (SSSR count). The molecule has 20 heavy (non-hydrogen) atoms. The Hall–Kier alpha value is -1.46. The van der Waals surface area contributed by atoms with E-state index in [0.29, 0.717) is 15.7 Å². The fourth-order valence-electron chi connectivity index (χ4n) is 1.98. The van der Waals surface area contributed by atoms with Crippen molar-refractivity contribution < 1.29 is 14.7 Å². The Bertz CT molecular complexity index is 512. The zero-order valence-corrected chi connectivity index (χ0v) is 12.0. The molecule has 1 atom stereocenters. The number of aliphatic carboxylic acids is 1. The number of carbonyl (C=O) groups is 2. The predicted octanol–water partition coefficient (Wildman–Crippen LogP) is 3.37. The lowest BCUT2D eigenvalue weighted by molar-refractivity contribution is -0.137. The number of anilines is 1. The summed E-state index contributed by atoms with van der Waals surface area (Å²) in [5, 5.41) is 14.9. The van der Waals surface area contributed by atoms with Crippen molar-refractivity contribution in [3.63, 3.8) is 0 Å². The van der Waals surface area contributed by atoms with Gasteiger partial charge in [-0.05, 0) is 37.0 Å². The first-order valence-corrected chi connectivity index (χ1v) is 6.95. The molecule has 108 valence electrons. The van der Waals surface area contributed by atoms with Crippen LogP contribution in [0.25, 0.3) is 0 Å². The number of hydrogen-bond donors (Lipinski definition) is 3. The Morgan fingerprint density at radius 2 is 1.85 bits per heavy atom. The summed E-state index contributed by atoms with van der Waals surface area (Å²) in [7, 11) is 0. The van der Waals surface area contributed by atoms with Crippen LogP contribution in [0.5, 0.6) is 0 Å². The van der Waals surface area contributed by atoms with Crippen LogP contribution >= 0.6 is 23.2 Å². The maximum absolute atomic E-state index is 11.9. The van der Waals surface area contributed by atoms with Gasteiger partial charge in [0.1, 0.15) is 0 Å². The van der Waals surface area contributed by atoms with E-state index in [2.05, 4.69) is 10.6 Å². The lowest BCUT2D eigenvalue weighted by Gasteiger charge is -2.17. The summed E-state index contributed by atoms with van der Waals surface area (Å²) < 4.78 is 0. The highest BCUT2D eigenvalue weighted by molar-refractivity contribution is 6.35. The van der Waals surface area contributed by atoms with Crippen LogP contribution in [0.3, 0.4) is 0 Å². The molecule has 0 saturated heterocycles. The Kier molecular flexibility index (Phi) is 4.73. The van der Waals surface area contributed by atoms with Crippen molar-refractivity contribution in [2.45, 2.75) is 25.3 Å². The van der Waals surface area contributed by atoms with Gasteiger partial charge >= 0.3 is 12.0 Å². The van der Waals surface area contributed by atoms with Crippen molar-refractivity contribution in [3.8, 4) is 0 Å². The second-order valence-electron chi connectivity index (χ2n) is 4.80. The summed E-state index contributed by atoms with van der Waals surface area (Å²) in [6.07, 6.45) is 1.82. The number of carbonyl (C=O) groups excluding carboxylic acids is 1. The van der Waals surface area contributed by atoms with E-state index < -0.39 is 12.0 Å². The van der Waals surface area contributed by atoms with Crippen LogP contribution < -0.4 is 10.6 Å². The molecule has 7 heteroatoms. The number of hydrogen-bond acceptors (Lipinski definition) is 2. The van der Waals surface area contributed by atoms with Gasteiger partial charge in [-0.25, -0.2) is 4.79 Å². The van der Waals surface area contributed by atoms with E-state index in [4.69, 9.17) is 28.3 Å². The molecule has 2 amide bonds. The quantitative estimate of drug-likeness (QED) is 0.779. The van der Waals surface area contributed by atoms with E-state index in [1.807, 2.05) is 0 Å². The SMILES string of the molecule is O=C(O)CC(NC(=O)Nc1cc(Cl)cc(Cl)c1)C1CC1. The number of nitrogens with one attached hydrogen (secondary N) is 2. The molecule has 0 radical (unpaired) electrons. The average Bonchev–Trinajstić information content (AvgIpc) is 3.08. The summed E-state index contributed by atoms with van der Waals surface area (Å²) >= 11 is 11.7. The summed E-state index contributed by atoms with van der Waals surface area (Å²) in [5.41, 5.74) is 0.463. The van der Waals surface area contributed by atoms with Gasteiger partial charge < -0.3 is 15.7 Å². The summed E-state index contributed by atoms with van der Waals surface area (Å²) in [5.74, 6) is -0.673. The molecule has 0 aliphatic heterocycles. The second kappa shape index (κ2) is 6.33. The molecule has 1 saturated carbocycles. The van der Waals surface area contributed by atoms with E-state index >= 15 is 0 Å². The standard InChI is InChI=1S/C13H14Cl2N2O3/c14-8-3-9(15)5-10(4-8)16-13(20)17-11(6-12(18)19)7-1-2-7/h3-5,7,11H,1-2,6H2,(H,18,19)(H2,16,17,20). The average molecular weight is 317 g/mol. The lowest BCUT2D eigenvalue weighted by atomic mass is 10.1. The molecule has 1 unspecified atom stereocenters.